The fourth-order valence-corrected chi connectivity index (χ4v) is 4.70. The minimum Gasteiger partial charge on any atom is -0.494 e. The number of hydrogen-bond acceptors (Lipinski definition) is 5. The smallest absolute Gasteiger partial charge is 0.291 e. The number of carbonyl (C=O) groups is 1. The molecule has 6 heteroatoms. The zero-order valence-corrected chi connectivity index (χ0v) is 19.1. The second-order valence-corrected chi connectivity index (χ2v) is 9.27. The molecule has 0 radical (unpaired) electrons. The van der Waals surface area contributed by atoms with Gasteiger partial charge in [-0.15, -0.1) is 0 Å². The summed E-state index contributed by atoms with van der Waals surface area (Å²) in [6, 6.07) is 14.3. The molecule has 0 saturated carbocycles. The first-order valence-corrected chi connectivity index (χ1v) is 11.7. The molecule has 2 unspecified atom stereocenters. The van der Waals surface area contributed by atoms with Crippen LogP contribution < -0.4 is 10.2 Å². The van der Waals surface area contributed by atoms with E-state index in [4.69, 9.17) is 13.9 Å². The van der Waals surface area contributed by atoms with Gasteiger partial charge in [0.05, 0.1) is 29.7 Å². The lowest BCUT2D eigenvalue weighted by Crippen LogP contribution is -2.36. The van der Waals surface area contributed by atoms with Crippen LogP contribution in [0.5, 0.6) is 5.75 Å². The Bertz CT molecular complexity index is 1220. The summed E-state index contributed by atoms with van der Waals surface area (Å²) < 4.78 is 17.8. The molecule has 0 spiro atoms. The first-order valence-electron chi connectivity index (χ1n) is 11.7. The molecule has 1 saturated heterocycles. The van der Waals surface area contributed by atoms with Gasteiger partial charge in [0.25, 0.3) is 5.91 Å². The Labute approximate surface area is 193 Å². The van der Waals surface area contributed by atoms with E-state index in [9.17, 15) is 9.59 Å². The van der Waals surface area contributed by atoms with Crippen molar-refractivity contribution in [3.05, 3.63) is 75.6 Å². The zero-order chi connectivity index (χ0) is 22.9. The van der Waals surface area contributed by atoms with Crippen molar-refractivity contribution in [2.45, 2.75) is 45.3 Å². The average molecular weight is 448 g/mol. The third kappa shape index (κ3) is 4.15. The monoisotopic (exact) mass is 447 g/mol. The minimum atomic E-state index is -0.536. The molecular formula is C27H29NO5. The molecule has 0 N–H and O–H groups in total. The maximum Gasteiger partial charge on any atom is 0.291 e. The molecule has 2 aliphatic rings. The van der Waals surface area contributed by atoms with Crippen LogP contribution in [0.25, 0.3) is 11.0 Å². The number of carbonyl (C=O) groups excluding carboxylic acids is 1. The molecule has 6 nitrogen and oxygen atoms in total. The molecule has 1 fully saturated rings. The van der Waals surface area contributed by atoms with E-state index in [1.807, 2.05) is 30.3 Å². The Hall–Kier alpha value is -3.12. The average Bonchev–Trinajstić information content (AvgIpc) is 3.41. The second-order valence-electron chi connectivity index (χ2n) is 9.27. The summed E-state index contributed by atoms with van der Waals surface area (Å²) >= 11 is 0. The fraction of sp³-hybridized carbons (Fsp3) is 0.407. The van der Waals surface area contributed by atoms with Crippen molar-refractivity contribution in [2.24, 2.45) is 5.92 Å². The molecule has 0 aliphatic carbocycles. The van der Waals surface area contributed by atoms with Crippen LogP contribution in [-0.4, -0.2) is 36.7 Å². The summed E-state index contributed by atoms with van der Waals surface area (Å²) in [7, 11) is 0. The Kier molecular flexibility index (Phi) is 5.94. The molecule has 3 aromatic rings. The van der Waals surface area contributed by atoms with E-state index in [1.54, 1.807) is 23.1 Å². The lowest BCUT2D eigenvalue weighted by molar-refractivity contribution is 0.0486. The van der Waals surface area contributed by atoms with Gasteiger partial charge in [-0.1, -0.05) is 38.1 Å². The molecule has 3 heterocycles. The molecule has 5 rings (SSSR count). The van der Waals surface area contributed by atoms with Gasteiger partial charge in [-0.05, 0) is 55.0 Å². The van der Waals surface area contributed by atoms with Crippen LogP contribution in [0.15, 0.2) is 57.7 Å². The predicted octanol–water partition coefficient (Wildman–Crippen LogP) is 4.94. The van der Waals surface area contributed by atoms with E-state index in [2.05, 4.69) is 13.8 Å². The highest BCUT2D eigenvalue weighted by Gasteiger charge is 2.44. The first kappa shape index (κ1) is 21.7. The maximum atomic E-state index is 13.6. The van der Waals surface area contributed by atoms with Crippen molar-refractivity contribution < 1.29 is 18.7 Å². The summed E-state index contributed by atoms with van der Waals surface area (Å²) in [5.41, 5.74) is 1.50. The number of hydrogen-bond donors (Lipinski definition) is 0. The Balaban J connectivity index is 1.58. The highest BCUT2D eigenvalue weighted by atomic mass is 16.5. The number of fused-ring (bicyclic) bond motifs is 2. The molecule has 172 valence electrons. The van der Waals surface area contributed by atoms with Crippen LogP contribution >= 0.6 is 0 Å². The Morgan fingerprint density at radius 3 is 2.76 bits per heavy atom. The minimum absolute atomic E-state index is 0.0410. The lowest BCUT2D eigenvalue weighted by Gasteiger charge is -2.27. The number of nitrogens with zero attached hydrogens (tertiary/aromatic N) is 1. The quantitative estimate of drug-likeness (QED) is 0.513. The topological polar surface area (TPSA) is 69.0 Å². The molecule has 2 aliphatic heterocycles. The standard InChI is InChI=1S/C27H29NO5/c1-17(2)12-14-32-19-8-5-7-18(15-19)24-23-25(29)21-10-3-4-11-22(21)33-26(23)27(30)28(24)16-20-9-6-13-31-20/h3-5,7-8,10-11,15,17,20,24H,6,9,12-14,16H2,1-2H3. The number of amides is 1. The number of para-hydroxylation sites is 1. The van der Waals surface area contributed by atoms with Crippen molar-refractivity contribution in [1.29, 1.82) is 0 Å². The molecule has 2 atom stereocenters. The molecule has 1 aromatic heterocycles. The molecular weight excluding hydrogens is 418 g/mol. The van der Waals surface area contributed by atoms with Gasteiger partial charge < -0.3 is 18.8 Å². The van der Waals surface area contributed by atoms with Crippen molar-refractivity contribution in [1.82, 2.24) is 4.90 Å². The molecule has 1 amide bonds. The van der Waals surface area contributed by atoms with Gasteiger partial charge in [-0.2, -0.15) is 0 Å². The van der Waals surface area contributed by atoms with Gasteiger partial charge in [-0.3, -0.25) is 9.59 Å². The second kappa shape index (κ2) is 9.02. The lowest BCUT2D eigenvalue weighted by atomic mass is 9.98. The number of rotatable bonds is 7. The van der Waals surface area contributed by atoms with E-state index in [-0.39, 0.29) is 23.2 Å². The van der Waals surface area contributed by atoms with Crippen LogP contribution in [0.1, 0.15) is 60.8 Å². The summed E-state index contributed by atoms with van der Waals surface area (Å²) in [4.78, 5) is 28.8. The number of ether oxygens (including phenoxy) is 2. The maximum absolute atomic E-state index is 13.6. The van der Waals surface area contributed by atoms with E-state index >= 15 is 0 Å². The van der Waals surface area contributed by atoms with Gasteiger partial charge in [0, 0.05) is 13.2 Å². The van der Waals surface area contributed by atoms with E-state index in [0.717, 1.165) is 30.6 Å². The summed E-state index contributed by atoms with van der Waals surface area (Å²) in [6.45, 7) is 6.06. The number of benzene rings is 2. The van der Waals surface area contributed by atoms with Gasteiger partial charge in [0.15, 0.2) is 5.43 Å². The van der Waals surface area contributed by atoms with Crippen LogP contribution in [0.3, 0.4) is 0 Å². The molecule has 0 bridgehead atoms. The Morgan fingerprint density at radius 2 is 1.97 bits per heavy atom. The third-order valence-electron chi connectivity index (χ3n) is 6.44. The van der Waals surface area contributed by atoms with Gasteiger partial charge in [0.1, 0.15) is 11.3 Å². The fourth-order valence-electron chi connectivity index (χ4n) is 4.70. The Morgan fingerprint density at radius 1 is 1.12 bits per heavy atom. The van der Waals surface area contributed by atoms with Crippen molar-refractivity contribution in [2.75, 3.05) is 19.8 Å². The van der Waals surface area contributed by atoms with Crippen LogP contribution in [0.2, 0.25) is 0 Å². The van der Waals surface area contributed by atoms with E-state index in [0.29, 0.717) is 42.2 Å². The largest absolute Gasteiger partial charge is 0.494 e. The first-order chi connectivity index (χ1) is 16.0. The van der Waals surface area contributed by atoms with E-state index in [1.165, 1.54) is 0 Å². The third-order valence-corrected chi connectivity index (χ3v) is 6.44. The van der Waals surface area contributed by atoms with Crippen molar-refractivity contribution in [3.63, 3.8) is 0 Å². The zero-order valence-electron chi connectivity index (χ0n) is 19.1. The predicted molar refractivity (Wildman–Crippen MR) is 126 cm³/mol. The van der Waals surface area contributed by atoms with Gasteiger partial charge >= 0.3 is 0 Å². The van der Waals surface area contributed by atoms with Crippen LogP contribution in [-0.2, 0) is 4.74 Å². The van der Waals surface area contributed by atoms with Gasteiger partial charge in [-0.25, -0.2) is 0 Å². The summed E-state index contributed by atoms with van der Waals surface area (Å²) in [5, 5.41) is 0.484. The summed E-state index contributed by atoms with van der Waals surface area (Å²) in [6.07, 6.45) is 2.79. The van der Waals surface area contributed by atoms with Crippen molar-refractivity contribution >= 4 is 16.9 Å². The highest BCUT2D eigenvalue weighted by molar-refractivity contribution is 5.99. The summed E-state index contributed by atoms with van der Waals surface area (Å²) in [5.74, 6) is 1.15. The molecule has 2 aromatic carbocycles. The molecule has 33 heavy (non-hydrogen) atoms. The van der Waals surface area contributed by atoms with Gasteiger partial charge in [0.2, 0.25) is 5.76 Å². The normalized spacial score (nSPS) is 20.1. The SMILES string of the molecule is CC(C)CCOc1cccc(C2c3c(oc4ccccc4c3=O)C(=O)N2CC2CCCO2)c1. The van der Waals surface area contributed by atoms with Crippen LogP contribution in [0.4, 0.5) is 0 Å². The van der Waals surface area contributed by atoms with Crippen molar-refractivity contribution in [3.8, 4) is 5.75 Å². The highest BCUT2D eigenvalue weighted by Crippen LogP contribution is 2.39. The van der Waals surface area contributed by atoms with E-state index < -0.39 is 6.04 Å². The van der Waals surface area contributed by atoms with Crippen LogP contribution in [0, 0.1) is 5.92 Å².